The summed E-state index contributed by atoms with van der Waals surface area (Å²) < 4.78 is 0. The topological polar surface area (TPSA) is 54.4 Å². The first-order valence-electron chi connectivity index (χ1n) is 4.83. The molecule has 1 aliphatic carbocycles. The molecule has 0 saturated carbocycles. The van der Waals surface area contributed by atoms with Crippen LogP contribution in [0.3, 0.4) is 0 Å². The first-order chi connectivity index (χ1) is 6.92. The molecule has 1 aliphatic rings. The number of ketones is 1. The van der Waals surface area contributed by atoms with Gasteiger partial charge >= 0.3 is 5.97 Å². The summed E-state index contributed by atoms with van der Waals surface area (Å²) in [6, 6.07) is 4.79. The van der Waals surface area contributed by atoms with Crippen LogP contribution in [0.25, 0.3) is 0 Å². The van der Waals surface area contributed by atoms with Crippen molar-refractivity contribution in [1.82, 2.24) is 0 Å². The number of carbonyl (C=O) groups excluding carboxylic acids is 1. The molecule has 0 heterocycles. The Morgan fingerprint density at radius 1 is 1.40 bits per heavy atom. The summed E-state index contributed by atoms with van der Waals surface area (Å²) in [5.74, 6) is -0.951. The van der Waals surface area contributed by atoms with Gasteiger partial charge in [0.2, 0.25) is 0 Å². The summed E-state index contributed by atoms with van der Waals surface area (Å²) in [6.45, 7) is 3.99. The number of hydrogen-bond donors (Lipinski definition) is 1. The quantitative estimate of drug-likeness (QED) is 0.763. The van der Waals surface area contributed by atoms with E-state index in [4.69, 9.17) is 5.11 Å². The molecule has 0 unspecified atom stereocenters. The van der Waals surface area contributed by atoms with Crippen molar-refractivity contribution in [3.63, 3.8) is 0 Å². The first kappa shape index (κ1) is 9.90. The molecule has 3 nitrogen and oxygen atoms in total. The van der Waals surface area contributed by atoms with E-state index in [-0.39, 0.29) is 16.8 Å². The summed E-state index contributed by atoms with van der Waals surface area (Å²) in [7, 11) is 0. The number of Topliss-reactive ketones (excluding diaryl/α,β-unsaturated/α-hetero) is 1. The zero-order valence-electron chi connectivity index (χ0n) is 8.70. The number of rotatable bonds is 1. The predicted molar refractivity (Wildman–Crippen MR) is 55.4 cm³/mol. The van der Waals surface area contributed by atoms with Crippen molar-refractivity contribution in [2.45, 2.75) is 25.7 Å². The zero-order chi connectivity index (χ0) is 11.2. The molecular weight excluding hydrogens is 192 g/mol. The Balaban J connectivity index is 2.60. The summed E-state index contributed by atoms with van der Waals surface area (Å²) in [6.07, 6.45) is 0.464. The molecule has 0 bridgehead atoms. The van der Waals surface area contributed by atoms with Crippen LogP contribution in [-0.4, -0.2) is 16.9 Å². The van der Waals surface area contributed by atoms with E-state index in [0.29, 0.717) is 12.0 Å². The lowest BCUT2D eigenvalue weighted by Gasteiger charge is -2.17. The number of hydrogen-bond acceptors (Lipinski definition) is 2. The molecule has 2 rings (SSSR count). The fraction of sp³-hybridized carbons (Fsp3) is 0.333. The lowest BCUT2D eigenvalue weighted by atomic mass is 9.86. The van der Waals surface area contributed by atoms with E-state index in [1.54, 1.807) is 12.1 Å². The molecular formula is C12H12O3. The van der Waals surface area contributed by atoms with Crippen LogP contribution in [0.5, 0.6) is 0 Å². The van der Waals surface area contributed by atoms with Crippen LogP contribution in [-0.2, 0) is 5.41 Å². The fourth-order valence-corrected chi connectivity index (χ4v) is 2.09. The minimum absolute atomic E-state index is 0.0399. The summed E-state index contributed by atoms with van der Waals surface area (Å²) >= 11 is 0. The summed E-state index contributed by atoms with van der Waals surface area (Å²) in [5.41, 5.74) is 1.54. The first-order valence-corrected chi connectivity index (χ1v) is 4.83. The van der Waals surface area contributed by atoms with Gasteiger partial charge < -0.3 is 5.11 Å². The molecule has 1 N–H and O–H groups in total. The number of benzene rings is 1. The van der Waals surface area contributed by atoms with Gasteiger partial charge in [0.25, 0.3) is 0 Å². The minimum Gasteiger partial charge on any atom is -0.478 e. The Hall–Kier alpha value is -1.64. The van der Waals surface area contributed by atoms with Gasteiger partial charge in [0, 0.05) is 12.0 Å². The molecule has 1 aromatic rings. The summed E-state index contributed by atoms with van der Waals surface area (Å²) in [4.78, 5) is 22.4. The Kier molecular flexibility index (Phi) is 1.93. The largest absolute Gasteiger partial charge is 0.478 e. The second-order valence-electron chi connectivity index (χ2n) is 4.55. The standard InChI is InChI=1S/C12H12O3/c1-12(2)6-10(13)8-5-7(11(14)15)3-4-9(8)12/h3-5H,6H2,1-2H3,(H,14,15). The normalized spacial score (nSPS) is 17.6. The highest BCUT2D eigenvalue weighted by Crippen LogP contribution is 2.38. The van der Waals surface area contributed by atoms with Gasteiger partial charge in [-0.3, -0.25) is 4.79 Å². The molecule has 0 saturated heterocycles. The minimum atomic E-state index is -0.990. The SMILES string of the molecule is CC1(C)CC(=O)c2cc(C(=O)O)ccc21. The Morgan fingerprint density at radius 2 is 2.07 bits per heavy atom. The van der Waals surface area contributed by atoms with Crippen molar-refractivity contribution >= 4 is 11.8 Å². The number of fused-ring (bicyclic) bond motifs is 1. The van der Waals surface area contributed by atoms with Crippen molar-refractivity contribution in [1.29, 1.82) is 0 Å². The lowest BCUT2D eigenvalue weighted by Crippen LogP contribution is -2.12. The predicted octanol–water partition coefficient (Wildman–Crippen LogP) is 2.25. The van der Waals surface area contributed by atoms with Gasteiger partial charge in [0.15, 0.2) is 5.78 Å². The van der Waals surface area contributed by atoms with Crippen molar-refractivity contribution in [2.75, 3.05) is 0 Å². The van der Waals surface area contributed by atoms with Crippen LogP contribution in [0.4, 0.5) is 0 Å². The molecule has 0 amide bonds. The number of carboxylic acid groups (broad SMARTS) is 1. The van der Waals surface area contributed by atoms with Gasteiger partial charge in [-0.2, -0.15) is 0 Å². The number of carboxylic acids is 1. The Labute approximate surface area is 87.7 Å². The maximum Gasteiger partial charge on any atom is 0.335 e. The van der Waals surface area contributed by atoms with E-state index in [2.05, 4.69) is 0 Å². The maximum atomic E-state index is 11.7. The van der Waals surface area contributed by atoms with E-state index in [1.807, 2.05) is 13.8 Å². The molecule has 3 heteroatoms. The monoisotopic (exact) mass is 204 g/mol. The van der Waals surface area contributed by atoms with Crippen molar-refractivity contribution in [3.05, 3.63) is 34.9 Å². The molecule has 1 aromatic carbocycles. The third kappa shape index (κ3) is 1.44. The molecule has 0 fully saturated rings. The highest BCUT2D eigenvalue weighted by Gasteiger charge is 2.35. The van der Waals surface area contributed by atoms with Crippen molar-refractivity contribution < 1.29 is 14.7 Å². The van der Waals surface area contributed by atoms with Gasteiger partial charge in [-0.25, -0.2) is 4.79 Å². The van der Waals surface area contributed by atoms with Crippen LogP contribution < -0.4 is 0 Å². The van der Waals surface area contributed by atoms with Crippen LogP contribution in [0, 0.1) is 0 Å². The smallest absolute Gasteiger partial charge is 0.335 e. The second kappa shape index (κ2) is 2.92. The maximum absolute atomic E-state index is 11.7. The second-order valence-corrected chi connectivity index (χ2v) is 4.55. The third-order valence-corrected chi connectivity index (χ3v) is 2.90. The molecule has 0 spiro atoms. The van der Waals surface area contributed by atoms with Crippen LogP contribution >= 0.6 is 0 Å². The Bertz CT molecular complexity index is 458. The van der Waals surface area contributed by atoms with Gasteiger partial charge in [-0.15, -0.1) is 0 Å². The molecule has 0 aliphatic heterocycles. The van der Waals surface area contributed by atoms with Crippen LogP contribution in [0.2, 0.25) is 0 Å². The van der Waals surface area contributed by atoms with Gasteiger partial charge in [-0.05, 0) is 23.1 Å². The Morgan fingerprint density at radius 3 is 2.67 bits per heavy atom. The van der Waals surface area contributed by atoms with E-state index < -0.39 is 5.97 Å². The fourth-order valence-electron chi connectivity index (χ4n) is 2.09. The van der Waals surface area contributed by atoms with Crippen LogP contribution in [0.1, 0.15) is 46.5 Å². The lowest BCUT2D eigenvalue weighted by molar-refractivity contribution is 0.0697. The van der Waals surface area contributed by atoms with E-state index in [0.717, 1.165) is 5.56 Å². The molecule has 15 heavy (non-hydrogen) atoms. The highest BCUT2D eigenvalue weighted by molar-refractivity contribution is 6.04. The number of aromatic carboxylic acids is 1. The molecule has 0 aromatic heterocycles. The van der Waals surface area contributed by atoms with Crippen molar-refractivity contribution in [3.8, 4) is 0 Å². The zero-order valence-corrected chi connectivity index (χ0v) is 8.70. The van der Waals surface area contributed by atoms with Gasteiger partial charge in [-0.1, -0.05) is 19.9 Å². The average molecular weight is 204 g/mol. The summed E-state index contributed by atoms with van der Waals surface area (Å²) in [5, 5.41) is 8.82. The van der Waals surface area contributed by atoms with E-state index in [1.165, 1.54) is 6.07 Å². The van der Waals surface area contributed by atoms with Gasteiger partial charge in [0.05, 0.1) is 5.56 Å². The molecule has 0 radical (unpaired) electrons. The number of carbonyl (C=O) groups is 2. The highest BCUT2D eigenvalue weighted by atomic mass is 16.4. The van der Waals surface area contributed by atoms with E-state index in [9.17, 15) is 9.59 Å². The van der Waals surface area contributed by atoms with Gasteiger partial charge in [0.1, 0.15) is 0 Å². The van der Waals surface area contributed by atoms with E-state index >= 15 is 0 Å². The van der Waals surface area contributed by atoms with Crippen LogP contribution in [0.15, 0.2) is 18.2 Å². The molecule has 0 atom stereocenters. The average Bonchev–Trinajstić information content (AvgIpc) is 2.37. The van der Waals surface area contributed by atoms with Crippen molar-refractivity contribution in [2.24, 2.45) is 0 Å². The third-order valence-electron chi connectivity index (χ3n) is 2.90. The molecule has 78 valence electrons.